The van der Waals surface area contributed by atoms with Crippen LogP contribution in [-0.2, 0) is 17.9 Å². The van der Waals surface area contributed by atoms with Crippen LogP contribution in [0.5, 0.6) is 0 Å². The van der Waals surface area contributed by atoms with Crippen molar-refractivity contribution in [2.75, 3.05) is 20.1 Å². The number of rotatable bonds is 7. The topological polar surface area (TPSA) is 74.5 Å². The van der Waals surface area contributed by atoms with E-state index in [1.807, 2.05) is 38.5 Å². The first-order chi connectivity index (χ1) is 12.5. The number of likely N-dealkylation sites (N-methyl/N-ethyl adjacent to an activating group) is 1. The first-order valence-corrected chi connectivity index (χ1v) is 9.07. The molecule has 7 heteroatoms. The Morgan fingerprint density at radius 1 is 1.38 bits per heavy atom. The smallest absolute Gasteiger partial charge is 0.222 e. The maximum atomic E-state index is 12.5. The van der Waals surface area contributed by atoms with Gasteiger partial charge in [-0.3, -0.25) is 14.7 Å². The molecule has 0 spiro atoms. The molecular formula is C19H27N5O2. The van der Waals surface area contributed by atoms with Crippen LogP contribution in [0, 0.1) is 6.92 Å². The number of hydrogen-bond acceptors (Lipinski definition) is 5. The molecule has 1 aliphatic heterocycles. The summed E-state index contributed by atoms with van der Waals surface area (Å²) in [4.78, 5) is 24.7. The van der Waals surface area contributed by atoms with E-state index in [1.54, 1.807) is 17.3 Å². The van der Waals surface area contributed by atoms with Crippen LogP contribution in [0.2, 0.25) is 0 Å². The first kappa shape index (κ1) is 18.5. The van der Waals surface area contributed by atoms with E-state index in [2.05, 4.69) is 19.4 Å². The summed E-state index contributed by atoms with van der Waals surface area (Å²) in [5.74, 6) is 1.07. The van der Waals surface area contributed by atoms with Crippen molar-refractivity contribution in [1.82, 2.24) is 24.3 Å². The summed E-state index contributed by atoms with van der Waals surface area (Å²) in [5, 5.41) is 10.4. The zero-order valence-electron chi connectivity index (χ0n) is 15.5. The van der Waals surface area contributed by atoms with E-state index in [9.17, 15) is 9.90 Å². The predicted molar refractivity (Wildman–Crippen MR) is 98.3 cm³/mol. The summed E-state index contributed by atoms with van der Waals surface area (Å²) in [6, 6.07) is 3.88. The van der Waals surface area contributed by atoms with Crippen molar-refractivity contribution < 1.29 is 9.90 Å². The van der Waals surface area contributed by atoms with Crippen LogP contribution < -0.4 is 0 Å². The van der Waals surface area contributed by atoms with Crippen LogP contribution >= 0.6 is 0 Å². The van der Waals surface area contributed by atoms with Gasteiger partial charge in [-0.25, -0.2) is 4.98 Å². The number of carbonyl (C=O) groups excluding carboxylic acids is 1. The zero-order valence-corrected chi connectivity index (χ0v) is 15.5. The molecule has 1 aliphatic rings. The fourth-order valence-corrected chi connectivity index (χ4v) is 3.50. The first-order valence-electron chi connectivity index (χ1n) is 9.07. The van der Waals surface area contributed by atoms with E-state index in [1.165, 1.54) is 0 Å². The van der Waals surface area contributed by atoms with E-state index in [0.29, 0.717) is 26.1 Å². The Kier molecular flexibility index (Phi) is 6.00. The Hall–Kier alpha value is -2.25. The Balaban J connectivity index is 1.47. The van der Waals surface area contributed by atoms with Crippen molar-refractivity contribution in [1.29, 1.82) is 0 Å². The molecule has 2 aromatic heterocycles. The number of β-amino-alcohol motifs (C(OH)–C–C–N with tert-alkyl or cyclic N) is 1. The molecular weight excluding hydrogens is 330 g/mol. The zero-order chi connectivity index (χ0) is 18.5. The molecule has 2 aromatic rings. The highest BCUT2D eigenvalue weighted by atomic mass is 16.3. The molecule has 7 nitrogen and oxygen atoms in total. The molecule has 3 heterocycles. The Labute approximate surface area is 154 Å². The Morgan fingerprint density at radius 3 is 2.92 bits per heavy atom. The number of aliphatic hydroxyl groups excluding tert-OH is 1. The molecule has 140 valence electrons. The van der Waals surface area contributed by atoms with Crippen LogP contribution in [0.25, 0.3) is 0 Å². The SMILES string of the molecule is Cc1nccn1CCCC(=O)N1C[C@@H](O)[C@H](N(C)Cc2cccnc2)C1. The van der Waals surface area contributed by atoms with Gasteiger partial charge in [-0.2, -0.15) is 0 Å². The number of aryl methyl sites for hydroxylation is 2. The maximum Gasteiger partial charge on any atom is 0.222 e. The van der Waals surface area contributed by atoms with Crippen molar-refractivity contribution in [3.63, 3.8) is 0 Å². The standard InChI is InChI=1S/C19H27N5O2/c1-15-21-8-10-23(15)9-4-6-19(26)24-13-17(18(25)14-24)22(2)12-16-5-3-7-20-11-16/h3,5,7-8,10-11,17-18,25H,4,6,9,12-14H2,1-2H3/t17-,18-/m1/s1. The number of hydrogen-bond donors (Lipinski definition) is 1. The molecule has 1 saturated heterocycles. The number of aromatic nitrogens is 3. The maximum absolute atomic E-state index is 12.5. The third kappa shape index (κ3) is 4.47. The van der Waals surface area contributed by atoms with Gasteiger partial charge in [0.15, 0.2) is 0 Å². The average molecular weight is 357 g/mol. The van der Waals surface area contributed by atoms with Crippen molar-refractivity contribution in [3.8, 4) is 0 Å². The van der Waals surface area contributed by atoms with Crippen LogP contribution in [0.4, 0.5) is 0 Å². The summed E-state index contributed by atoms with van der Waals surface area (Å²) in [6.07, 6.45) is 8.04. The Bertz CT molecular complexity index is 718. The second-order valence-corrected chi connectivity index (χ2v) is 6.98. The third-order valence-electron chi connectivity index (χ3n) is 5.05. The summed E-state index contributed by atoms with van der Waals surface area (Å²) in [6.45, 7) is 4.43. The van der Waals surface area contributed by atoms with Crippen molar-refractivity contribution >= 4 is 5.91 Å². The highest BCUT2D eigenvalue weighted by Gasteiger charge is 2.36. The van der Waals surface area contributed by atoms with Crippen molar-refractivity contribution in [2.45, 2.75) is 45.0 Å². The molecule has 1 amide bonds. The minimum atomic E-state index is -0.517. The minimum absolute atomic E-state index is 0.0463. The highest BCUT2D eigenvalue weighted by molar-refractivity contribution is 5.76. The largest absolute Gasteiger partial charge is 0.390 e. The Morgan fingerprint density at radius 2 is 2.23 bits per heavy atom. The van der Waals surface area contributed by atoms with E-state index in [4.69, 9.17) is 0 Å². The molecule has 1 N–H and O–H groups in total. The van der Waals surface area contributed by atoms with Crippen molar-refractivity contribution in [2.24, 2.45) is 0 Å². The summed E-state index contributed by atoms with van der Waals surface area (Å²) in [7, 11) is 1.98. The number of nitrogens with zero attached hydrogens (tertiary/aromatic N) is 5. The number of amides is 1. The lowest BCUT2D eigenvalue weighted by molar-refractivity contribution is -0.130. The summed E-state index contributed by atoms with van der Waals surface area (Å²) in [5.41, 5.74) is 1.10. The van der Waals surface area contributed by atoms with E-state index >= 15 is 0 Å². The second kappa shape index (κ2) is 8.42. The van der Waals surface area contributed by atoms with Gasteiger partial charge in [-0.05, 0) is 32.0 Å². The van der Waals surface area contributed by atoms with E-state index < -0.39 is 6.10 Å². The van der Waals surface area contributed by atoms with Crippen LogP contribution in [0.1, 0.15) is 24.2 Å². The van der Waals surface area contributed by atoms with Crippen molar-refractivity contribution in [3.05, 3.63) is 48.3 Å². The van der Waals surface area contributed by atoms with Gasteiger partial charge in [0.1, 0.15) is 5.82 Å². The lowest BCUT2D eigenvalue weighted by Crippen LogP contribution is -2.40. The normalized spacial score (nSPS) is 20.1. The number of pyridine rings is 1. The van der Waals surface area contributed by atoms with Gasteiger partial charge in [-0.15, -0.1) is 0 Å². The second-order valence-electron chi connectivity index (χ2n) is 6.98. The number of carbonyl (C=O) groups is 1. The van der Waals surface area contributed by atoms with Crippen LogP contribution in [0.3, 0.4) is 0 Å². The molecule has 0 saturated carbocycles. The lowest BCUT2D eigenvalue weighted by Gasteiger charge is -2.26. The van der Waals surface area contributed by atoms with Gasteiger partial charge in [0.25, 0.3) is 0 Å². The van der Waals surface area contributed by atoms with Crippen LogP contribution in [-0.4, -0.2) is 67.6 Å². The highest BCUT2D eigenvalue weighted by Crippen LogP contribution is 2.18. The molecule has 0 radical (unpaired) electrons. The molecule has 1 fully saturated rings. The molecule has 0 aromatic carbocycles. The van der Waals surface area contributed by atoms with E-state index in [0.717, 1.165) is 24.4 Å². The molecule has 0 unspecified atom stereocenters. The third-order valence-corrected chi connectivity index (χ3v) is 5.05. The lowest BCUT2D eigenvalue weighted by atomic mass is 10.1. The molecule has 0 aliphatic carbocycles. The monoisotopic (exact) mass is 357 g/mol. The molecule has 2 atom stereocenters. The molecule has 3 rings (SSSR count). The quantitative estimate of drug-likeness (QED) is 0.802. The van der Waals surface area contributed by atoms with Gasteiger partial charge >= 0.3 is 0 Å². The fraction of sp³-hybridized carbons (Fsp3) is 0.526. The van der Waals surface area contributed by atoms with Gasteiger partial charge in [0, 0.05) is 57.4 Å². The summed E-state index contributed by atoms with van der Waals surface area (Å²) < 4.78 is 2.05. The predicted octanol–water partition coefficient (Wildman–Crippen LogP) is 1.07. The van der Waals surface area contributed by atoms with E-state index in [-0.39, 0.29) is 11.9 Å². The van der Waals surface area contributed by atoms with Gasteiger partial charge in [-0.1, -0.05) is 6.07 Å². The van der Waals surface area contributed by atoms with Gasteiger partial charge in [0.2, 0.25) is 5.91 Å². The van der Waals surface area contributed by atoms with Crippen LogP contribution in [0.15, 0.2) is 36.9 Å². The fourth-order valence-electron chi connectivity index (χ4n) is 3.50. The number of aliphatic hydroxyl groups is 1. The number of likely N-dealkylation sites (tertiary alicyclic amines) is 1. The average Bonchev–Trinajstić information content (AvgIpc) is 3.21. The van der Waals surface area contributed by atoms with Gasteiger partial charge in [0.05, 0.1) is 12.1 Å². The summed E-state index contributed by atoms with van der Waals surface area (Å²) >= 11 is 0. The number of imidazole rings is 1. The molecule has 0 bridgehead atoms. The minimum Gasteiger partial charge on any atom is -0.390 e. The molecule has 26 heavy (non-hydrogen) atoms. The van der Waals surface area contributed by atoms with Gasteiger partial charge < -0.3 is 14.6 Å².